The maximum Gasteiger partial charge on any atom is 0.355 e. The average molecular weight is 372 g/mol. The van der Waals surface area contributed by atoms with Gasteiger partial charge in [0.25, 0.3) is 0 Å². The number of ether oxygens (including phenoxy) is 1. The van der Waals surface area contributed by atoms with Gasteiger partial charge in [0.1, 0.15) is 5.69 Å². The van der Waals surface area contributed by atoms with Crippen LogP contribution in [0, 0.1) is 0 Å². The summed E-state index contributed by atoms with van der Waals surface area (Å²) in [6.07, 6.45) is 11.4. The van der Waals surface area contributed by atoms with E-state index in [9.17, 15) is 9.59 Å². The first-order chi connectivity index (χ1) is 13.2. The molecule has 0 amide bonds. The van der Waals surface area contributed by atoms with Gasteiger partial charge in [0.2, 0.25) is 0 Å². The fourth-order valence-corrected chi connectivity index (χ4v) is 3.51. The number of H-pyrrole nitrogens is 1. The molecular weight excluding hydrogens is 338 g/mol. The third-order valence-corrected chi connectivity index (χ3v) is 4.97. The van der Waals surface area contributed by atoms with Crippen LogP contribution in [0.1, 0.15) is 98.9 Å². The predicted octanol–water partition coefficient (Wildman–Crippen LogP) is 6.45. The summed E-state index contributed by atoms with van der Waals surface area (Å²) in [7, 11) is 0. The molecule has 0 aliphatic heterocycles. The quantitative estimate of drug-likeness (QED) is 0.250. The van der Waals surface area contributed by atoms with Crippen molar-refractivity contribution in [3.63, 3.8) is 0 Å². The highest BCUT2D eigenvalue weighted by molar-refractivity contribution is 6.15. The highest BCUT2D eigenvalue weighted by Gasteiger charge is 2.23. The van der Waals surface area contributed by atoms with Crippen LogP contribution in [-0.4, -0.2) is 23.3 Å². The summed E-state index contributed by atoms with van der Waals surface area (Å²) in [5.74, 6) is -0.428. The lowest BCUT2D eigenvalue weighted by molar-refractivity contribution is 0.0517. The number of rotatable bonds is 13. The molecular formula is C23H33NO3. The van der Waals surface area contributed by atoms with Crippen LogP contribution in [-0.2, 0) is 4.74 Å². The Morgan fingerprint density at radius 1 is 0.889 bits per heavy atom. The first kappa shape index (κ1) is 21.2. The van der Waals surface area contributed by atoms with Gasteiger partial charge in [0.05, 0.1) is 12.2 Å². The number of unbranched alkanes of at least 4 members (excludes halogenated alkanes) is 8. The molecule has 4 nitrogen and oxygen atoms in total. The van der Waals surface area contributed by atoms with E-state index in [-0.39, 0.29) is 5.78 Å². The Labute approximate surface area is 162 Å². The second-order valence-electron chi connectivity index (χ2n) is 7.14. The number of Topliss-reactive ketones (excluding diaryl/α,β-unsaturated/α-hetero) is 1. The normalized spacial score (nSPS) is 11.0. The van der Waals surface area contributed by atoms with E-state index >= 15 is 0 Å². The molecule has 1 aromatic heterocycles. The Morgan fingerprint density at radius 2 is 1.52 bits per heavy atom. The van der Waals surface area contributed by atoms with Crippen molar-refractivity contribution in [2.24, 2.45) is 0 Å². The summed E-state index contributed by atoms with van der Waals surface area (Å²) in [6.45, 7) is 4.29. The van der Waals surface area contributed by atoms with Crippen LogP contribution in [0.3, 0.4) is 0 Å². The van der Waals surface area contributed by atoms with E-state index in [1.165, 1.54) is 44.9 Å². The maximum absolute atomic E-state index is 12.8. The number of carbonyl (C=O) groups excluding carboxylic acids is 2. The van der Waals surface area contributed by atoms with Gasteiger partial charge in [-0.05, 0) is 19.4 Å². The van der Waals surface area contributed by atoms with E-state index in [1.807, 2.05) is 24.3 Å². The number of fused-ring (bicyclic) bond motifs is 1. The molecule has 0 aliphatic carbocycles. The molecule has 0 fully saturated rings. The molecule has 4 heteroatoms. The smallest absolute Gasteiger partial charge is 0.355 e. The number of benzene rings is 1. The van der Waals surface area contributed by atoms with Crippen LogP contribution in [0.25, 0.3) is 10.9 Å². The number of nitrogens with one attached hydrogen (secondary N) is 1. The third kappa shape index (κ3) is 6.23. The predicted molar refractivity (Wildman–Crippen MR) is 110 cm³/mol. The van der Waals surface area contributed by atoms with Crippen LogP contribution in [0.5, 0.6) is 0 Å². The number of carbonyl (C=O) groups is 2. The first-order valence-corrected chi connectivity index (χ1v) is 10.5. The lowest BCUT2D eigenvalue weighted by Crippen LogP contribution is -2.11. The molecule has 2 rings (SSSR count). The SMILES string of the molecule is CCCCCCCCCCCC(=O)c1c(C(=O)OCC)[nH]c2ccccc12. The topological polar surface area (TPSA) is 59.2 Å². The van der Waals surface area contributed by atoms with Gasteiger partial charge in [-0.25, -0.2) is 4.79 Å². The number of aromatic amines is 1. The molecule has 0 spiro atoms. The number of esters is 1. The molecule has 0 bridgehead atoms. The fraction of sp³-hybridized carbons (Fsp3) is 0.565. The largest absolute Gasteiger partial charge is 0.461 e. The minimum absolute atomic E-state index is 0.0263. The number of aromatic nitrogens is 1. The number of ketones is 1. The fourth-order valence-electron chi connectivity index (χ4n) is 3.51. The van der Waals surface area contributed by atoms with E-state index in [0.29, 0.717) is 24.3 Å². The highest BCUT2D eigenvalue weighted by Crippen LogP contribution is 2.25. The second kappa shape index (κ2) is 11.6. The lowest BCUT2D eigenvalue weighted by atomic mass is 10.0. The molecule has 0 unspecified atom stereocenters. The van der Waals surface area contributed by atoms with Crippen molar-refractivity contribution in [1.82, 2.24) is 4.98 Å². The van der Waals surface area contributed by atoms with Gasteiger partial charge in [-0.3, -0.25) is 4.79 Å². The van der Waals surface area contributed by atoms with Crippen molar-refractivity contribution in [3.8, 4) is 0 Å². The van der Waals surface area contributed by atoms with Crippen molar-refractivity contribution in [3.05, 3.63) is 35.5 Å². The average Bonchev–Trinajstić information content (AvgIpc) is 3.06. The van der Waals surface area contributed by atoms with Gasteiger partial charge in [-0.1, -0.05) is 76.5 Å². The van der Waals surface area contributed by atoms with Crippen LogP contribution in [0.15, 0.2) is 24.3 Å². The van der Waals surface area contributed by atoms with E-state index in [1.54, 1.807) is 6.92 Å². The third-order valence-electron chi connectivity index (χ3n) is 4.97. The maximum atomic E-state index is 12.8. The number of hydrogen-bond acceptors (Lipinski definition) is 3. The molecule has 27 heavy (non-hydrogen) atoms. The van der Waals surface area contributed by atoms with E-state index in [4.69, 9.17) is 4.74 Å². The summed E-state index contributed by atoms with van der Waals surface area (Å²) in [6, 6.07) is 7.55. The summed E-state index contributed by atoms with van der Waals surface area (Å²) < 4.78 is 5.12. The van der Waals surface area contributed by atoms with Gasteiger partial charge in [0.15, 0.2) is 5.78 Å². The molecule has 1 N–H and O–H groups in total. The van der Waals surface area contributed by atoms with Gasteiger partial charge >= 0.3 is 5.97 Å². The molecule has 0 saturated carbocycles. The molecule has 1 heterocycles. The summed E-state index contributed by atoms with van der Waals surface area (Å²) in [5, 5.41) is 0.807. The van der Waals surface area contributed by atoms with E-state index in [0.717, 1.165) is 23.7 Å². The zero-order chi connectivity index (χ0) is 19.5. The van der Waals surface area contributed by atoms with E-state index in [2.05, 4.69) is 11.9 Å². The molecule has 148 valence electrons. The van der Waals surface area contributed by atoms with Crippen molar-refractivity contribution in [2.45, 2.75) is 78.1 Å². The van der Waals surface area contributed by atoms with Crippen LogP contribution in [0.2, 0.25) is 0 Å². The number of para-hydroxylation sites is 1. The Kier molecular flexibility index (Phi) is 9.09. The van der Waals surface area contributed by atoms with Crippen LogP contribution in [0.4, 0.5) is 0 Å². The lowest BCUT2D eigenvalue weighted by Gasteiger charge is -2.05. The van der Waals surface area contributed by atoms with Gasteiger partial charge in [-0.2, -0.15) is 0 Å². The minimum atomic E-state index is -0.455. The highest BCUT2D eigenvalue weighted by atomic mass is 16.5. The van der Waals surface area contributed by atoms with Gasteiger partial charge in [0, 0.05) is 17.3 Å². The molecule has 0 aliphatic rings. The van der Waals surface area contributed by atoms with Crippen molar-refractivity contribution >= 4 is 22.7 Å². The molecule has 0 atom stereocenters. The molecule has 2 aromatic rings. The zero-order valence-corrected chi connectivity index (χ0v) is 16.8. The first-order valence-electron chi connectivity index (χ1n) is 10.5. The monoisotopic (exact) mass is 371 g/mol. The molecule has 0 radical (unpaired) electrons. The molecule has 0 saturated heterocycles. The standard InChI is InChI=1S/C23H33NO3/c1-3-5-6-7-8-9-10-11-12-17-20(25)21-18-15-13-14-16-19(18)24-22(21)23(26)27-4-2/h13-16,24H,3-12,17H2,1-2H3. The van der Waals surface area contributed by atoms with Gasteiger partial charge in [-0.15, -0.1) is 0 Å². The Balaban J connectivity index is 1.89. The van der Waals surface area contributed by atoms with Gasteiger partial charge < -0.3 is 9.72 Å². The Morgan fingerprint density at radius 3 is 2.19 bits per heavy atom. The van der Waals surface area contributed by atoms with Crippen LogP contribution >= 0.6 is 0 Å². The van der Waals surface area contributed by atoms with Crippen molar-refractivity contribution < 1.29 is 14.3 Å². The second-order valence-corrected chi connectivity index (χ2v) is 7.14. The Bertz CT molecular complexity index is 732. The van der Waals surface area contributed by atoms with Crippen molar-refractivity contribution in [2.75, 3.05) is 6.61 Å². The Hall–Kier alpha value is -2.10. The van der Waals surface area contributed by atoms with Crippen LogP contribution < -0.4 is 0 Å². The summed E-state index contributed by atoms with van der Waals surface area (Å²) >= 11 is 0. The van der Waals surface area contributed by atoms with Crippen molar-refractivity contribution in [1.29, 1.82) is 0 Å². The van der Waals surface area contributed by atoms with E-state index < -0.39 is 5.97 Å². The summed E-state index contributed by atoms with van der Waals surface area (Å²) in [5.41, 5.74) is 1.58. The minimum Gasteiger partial charge on any atom is -0.461 e. The zero-order valence-electron chi connectivity index (χ0n) is 16.8. The summed E-state index contributed by atoms with van der Waals surface area (Å²) in [4.78, 5) is 28.2. The number of hydrogen-bond donors (Lipinski definition) is 1. The molecule has 1 aromatic carbocycles.